The predicted octanol–water partition coefficient (Wildman–Crippen LogP) is 2.34. The number of likely N-dealkylation sites (N-methyl/N-ethyl adjacent to an activating group) is 1. The standard InChI is InChI=1S/C16H24N4O3.ClH/c1-12-5-6-14(20(22)23)10-15(12)18-16(21)7-9-19-8-3-4-13(11-19)17-2;/h5-6,10,13,17H,3-4,7-9,11H2,1-2H3,(H,18,21);1H. The third kappa shape index (κ3) is 5.74. The zero-order valence-corrected chi connectivity index (χ0v) is 14.9. The van der Waals surface area contributed by atoms with E-state index < -0.39 is 4.92 Å². The van der Waals surface area contributed by atoms with E-state index in [0.717, 1.165) is 25.1 Å². The van der Waals surface area contributed by atoms with Crippen molar-refractivity contribution < 1.29 is 9.72 Å². The second-order valence-electron chi connectivity index (χ2n) is 5.98. The van der Waals surface area contributed by atoms with Crippen LogP contribution in [0, 0.1) is 17.0 Å². The molecule has 1 amide bonds. The Kier molecular flexibility index (Phi) is 8.10. The fraction of sp³-hybridized carbons (Fsp3) is 0.562. The van der Waals surface area contributed by atoms with Gasteiger partial charge in [-0.25, -0.2) is 0 Å². The number of carbonyl (C=O) groups excluding carboxylic acids is 1. The van der Waals surface area contributed by atoms with Crippen LogP contribution in [-0.4, -0.2) is 48.5 Å². The number of nitro groups is 1. The van der Waals surface area contributed by atoms with Gasteiger partial charge < -0.3 is 15.5 Å². The van der Waals surface area contributed by atoms with Crippen LogP contribution in [0.1, 0.15) is 24.8 Å². The first-order valence-electron chi connectivity index (χ1n) is 7.94. The number of rotatable bonds is 6. The van der Waals surface area contributed by atoms with Gasteiger partial charge in [-0.15, -0.1) is 12.4 Å². The SMILES string of the molecule is CNC1CCCN(CCC(=O)Nc2cc([N+](=O)[O-])ccc2C)C1.Cl. The Balaban J connectivity index is 0.00000288. The van der Waals surface area contributed by atoms with E-state index in [9.17, 15) is 14.9 Å². The second-order valence-corrected chi connectivity index (χ2v) is 5.98. The summed E-state index contributed by atoms with van der Waals surface area (Å²) >= 11 is 0. The van der Waals surface area contributed by atoms with Gasteiger partial charge in [-0.1, -0.05) is 6.07 Å². The van der Waals surface area contributed by atoms with E-state index in [-0.39, 0.29) is 24.0 Å². The Bertz CT molecular complexity index is 582. The molecule has 1 aliphatic heterocycles. The molecule has 24 heavy (non-hydrogen) atoms. The predicted molar refractivity (Wildman–Crippen MR) is 96.8 cm³/mol. The number of nitro benzene ring substituents is 1. The van der Waals surface area contributed by atoms with Crippen molar-refractivity contribution in [2.24, 2.45) is 0 Å². The van der Waals surface area contributed by atoms with E-state index >= 15 is 0 Å². The molecule has 134 valence electrons. The number of piperidine rings is 1. The topological polar surface area (TPSA) is 87.5 Å². The van der Waals surface area contributed by atoms with Gasteiger partial charge in [0, 0.05) is 37.7 Å². The van der Waals surface area contributed by atoms with E-state index in [0.29, 0.717) is 24.7 Å². The second kappa shape index (κ2) is 9.56. The molecule has 1 atom stereocenters. The lowest BCUT2D eigenvalue weighted by Gasteiger charge is -2.32. The van der Waals surface area contributed by atoms with Crippen molar-refractivity contribution >= 4 is 29.7 Å². The molecule has 1 heterocycles. The number of amides is 1. The highest BCUT2D eigenvalue weighted by Gasteiger charge is 2.19. The van der Waals surface area contributed by atoms with Crippen LogP contribution in [0.3, 0.4) is 0 Å². The molecule has 1 saturated heterocycles. The van der Waals surface area contributed by atoms with Crippen LogP contribution in [-0.2, 0) is 4.79 Å². The summed E-state index contributed by atoms with van der Waals surface area (Å²) in [5.41, 5.74) is 1.31. The van der Waals surface area contributed by atoms with Gasteiger partial charge in [0.15, 0.2) is 0 Å². The first-order chi connectivity index (χ1) is 11.0. The Morgan fingerprint density at radius 2 is 2.21 bits per heavy atom. The molecule has 0 spiro atoms. The molecule has 0 radical (unpaired) electrons. The molecule has 1 unspecified atom stereocenters. The number of hydrogen-bond donors (Lipinski definition) is 2. The highest BCUT2D eigenvalue weighted by molar-refractivity contribution is 5.92. The zero-order chi connectivity index (χ0) is 16.8. The Hall–Kier alpha value is -1.70. The van der Waals surface area contributed by atoms with Crippen molar-refractivity contribution in [3.8, 4) is 0 Å². The van der Waals surface area contributed by atoms with E-state index in [4.69, 9.17) is 0 Å². The summed E-state index contributed by atoms with van der Waals surface area (Å²) in [5, 5.41) is 16.9. The fourth-order valence-electron chi connectivity index (χ4n) is 2.82. The number of hydrogen-bond acceptors (Lipinski definition) is 5. The monoisotopic (exact) mass is 356 g/mol. The fourth-order valence-corrected chi connectivity index (χ4v) is 2.82. The van der Waals surface area contributed by atoms with Gasteiger partial charge >= 0.3 is 0 Å². The first-order valence-corrected chi connectivity index (χ1v) is 7.94. The third-order valence-corrected chi connectivity index (χ3v) is 4.27. The van der Waals surface area contributed by atoms with Crippen molar-refractivity contribution in [3.63, 3.8) is 0 Å². The van der Waals surface area contributed by atoms with E-state index in [1.807, 2.05) is 14.0 Å². The van der Waals surface area contributed by atoms with Gasteiger partial charge in [0.2, 0.25) is 5.91 Å². The maximum atomic E-state index is 12.1. The normalized spacial score (nSPS) is 17.8. The molecule has 8 heteroatoms. The summed E-state index contributed by atoms with van der Waals surface area (Å²) in [6.07, 6.45) is 2.70. The lowest BCUT2D eigenvalue weighted by atomic mass is 10.1. The third-order valence-electron chi connectivity index (χ3n) is 4.27. The van der Waals surface area contributed by atoms with Crippen molar-refractivity contribution in [2.45, 2.75) is 32.2 Å². The summed E-state index contributed by atoms with van der Waals surface area (Å²) in [7, 11) is 1.96. The van der Waals surface area contributed by atoms with Crippen LogP contribution in [0.15, 0.2) is 18.2 Å². The molecule has 2 N–H and O–H groups in total. The maximum Gasteiger partial charge on any atom is 0.271 e. The van der Waals surface area contributed by atoms with Gasteiger partial charge in [-0.05, 0) is 38.9 Å². The molecule has 0 aromatic heterocycles. The summed E-state index contributed by atoms with van der Waals surface area (Å²) in [6, 6.07) is 4.99. The number of non-ortho nitro benzene ring substituents is 1. The zero-order valence-electron chi connectivity index (χ0n) is 14.1. The average Bonchev–Trinajstić information content (AvgIpc) is 2.55. The molecule has 0 saturated carbocycles. The van der Waals surface area contributed by atoms with Gasteiger partial charge in [-0.3, -0.25) is 14.9 Å². The van der Waals surface area contributed by atoms with Gasteiger partial charge in [0.25, 0.3) is 5.69 Å². The summed E-state index contributed by atoms with van der Waals surface area (Å²) < 4.78 is 0. The minimum Gasteiger partial charge on any atom is -0.326 e. The minimum absolute atomic E-state index is 0. The van der Waals surface area contributed by atoms with Crippen molar-refractivity contribution in [3.05, 3.63) is 33.9 Å². The number of nitrogens with zero attached hydrogens (tertiary/aromatic N) is 2. The van der Waals surface area contributed by atoms with Crippen LogP contribution in [0.5, 0.6) is 0 Å². The van der Waals surface area contributed by atoms with Crippen LogP contribution in [0.4, 0.5) is 11.4 Å². The smallest absolute Gasteiger partial charge is 0.271 e. The highest BCUT2D eigenvalue weighted by Crippen LogP contribution is 2.22. The van der Waals surface area contributed by atoms with Crippen LogP contribution >= 0.6 is 12.4 Å². The number of halogens is 1. The van der Waals surface area contributed by atoms with Crippen LogP contribution in [0.2, 0.25) is 0 Å². The molecule has 2 rings (SSSR count). The van der Waals surface area contributed by atoms with E-state index in [2.05, 4.69) is 15.5 Å². The molecular weight excluding hydrogens is 332 g/mol. The number of nitrogens with one attached hydrogen (secondary N) is 2. The van der Waals surface area contributed by atoms with Gasteiger partial charge in [-0.2, -0.15) is 0 Å². The van der Waals surface area contributed by atoms with Crippen LogP contribution < -0.4 is 10.6 Å². The Morgan fingerprint density at radius 3 is 2.88 bits per heavy atom. The summed E-state index contributed by atoms with van der Waals surface area (Å²) in [4.78, 5) is 24.8. The van der Waals surface area contributed by atoms with Crippen molar-refractivity contribution in [2.75, 3.05) is 32.0 Å². The highest BCUT2D eigenvalue weighted by atomic mass is 35.5. The van der Waals surface area contributed by atoms with Crippen LogP contribution in [0.25, 0.3) is 0 Å². The summed E-state index contributed by atoms with van der Waals surface area (Å²) in [6.45, 7) is 4.50. The molecule has 0 bridgehead atoms. The van der Waals surface area contributed by atoms with Crippen molar-refractivity contribution in [1.82, 2.24) is 10.2 Å². The Labute approximate surface area is 148 Å². The number of likely N-dealkylation sites (tertiary alicyclic amines) is 1. The summed E-state index contributed by atoms with van der Waals surface area (Å²) in [5.74, 6) is -0.111. The molecule has 7 nitrogen and oxygen atoms in total. The lowest BCUT2D eigenvalue weighted by molar-refractivity contribution is -0.384. The molecule has 1 aromatic rings. The number of carbonyl (C=O) groups is 1. The van der Waals surface area contributed by atoms with E-state index in [1.54, 1.807) is 6.07 Å². The molecule has 1 fully saturated rings. The molecule has 1 aromatic carbocycles. The first kappa shape index (κ1) is 20.3. The van der Waals surface area contributed by atoms with Gasteiger partial charge in [0.05, 0.1) is 10.6 Å². The average molecular weight is 357 g/mol. The number of aryl methyl sites for hydroxylation is 1. The molecular formula is C16H25ClN4O3. The molecule has 1 aliphatic rings. The Morgan fingerprint density at radius 1 is 1.46 bits per heavy atom. The lowest BCUT2D eigenvalue weighted by Crippen LogP contribution is -2.45. The minimum atomic E-state index is -0.458. The maximum absolute atomic E-state index is 12.1. The van der Waals surface area contributed by atoms with E-state index in [1.165, 1.54) is 18.6 Å². The quantitative estimate of drug-likeness (QED) is 0.603. The van der Waals surface area contributed by atoms with Crippen molar-refractivity contribution in [1.29, 1.82) is 0 Å². The molecule has 0 aliphatic carbocycles. The number of benzene rings is 1. The number of anilines is 1. The largest absolute Gasteiger partial charge is 0.326 e. The van der Waals surface area contributed by atoms with Gasteiger partial charge in [0.1, 0.15) is 0 Å².